The average molecular weight is 386 g/mol. The van der Waals surface area contributed by atoms with Crippen molar-refractivity contribution in [3.8, 4) is 0 Å². The Hall–Kier alpha value is -2.43. The zero-order valence-corrected chi connectivity index (χ0v) is 17.3. The Morgan fingerprint density at radius 1 is 1.29 bits per heavy atom. The Bertz CT molecular complexity index is 794. The van der Waals surface area contributed by atoms with Crippen LogP contribution in [0, 0.1) is 11.8 Å². The molecule has 0 fully saturated rings. The van der Waals surface area contributed by atoms with E-state index in [-0.39, 0.29) is 29.1 Å². The number of ether oxygens (including phenoxy) is 1. The highest BCUT2D eigenvalue weighted by molar-refractivity contribution is 6.34. The molecule has 5 nitrogen and oxygen atoms in total. The molecule has 5 heteroatoms. The Morgan fingerprint density at radius 2 is 1.96 bits per heavy atom. The molecule has 152 valence electrons. The first-order valence-electron chi connectivity index (χ1n) is 9.91. The highest BCUT2D eigenvalue weighted by Crippen LogP contribution is 2.42. The van der Waals surface area contributed by atoms with Gasteiger partial charge in [-0.1, -0.05) is 43.6 Å². The minimum Gasteiger partial charge on any atom is -0.504 e. The quantitative estimate of drug-likeness (QED) is 0.228. The fourth-order valence-electron chi connectivity index (χ4n) is 4.08. The van der Waals surface area contributed by atoms with Crippen LogP contribution in [0.15, 0.2) is 46.3 Å². The van der Waals surface area contributed by atoms with Crippen molar-refractivity contribution in [2.24, 2.45) is 11.8 Å². The molecule has 0 spiro atoms. The van der Waals surface area contributed by atoms with E-state index in [9.17, 15) is 19.5 Å². The molecule has 0 saturated carbocycles. The third kappa shape index (κ3) is 4.18. The van der Waals surface area contributed by atoms with Gasteiger partial charge in [0.15, 0.2) is 5.76 Å². The summed E-state index contributed by atoms with van der Waals surface area (Å²) in [6, 6.07) is 0. The van der Waals surface area contributed by atoms with E-state index in [2.05, 4.69) is 6.58 Å². The molecule has 0 aliphatic heterocycles. The second-order valence-corrected chi connectivity index (χ2v) is 7.75. The molecule has 0 aromatic carbocycles. The maximum absolute atomic E-state index is 13.3. The monoisotopic (exact) mass is 386 g/mol. The van der Waals surface area contributed by atoms with Crippen LogP contribution in [-0.2, 0) is 19.1 Å². The maximum Gasteiger partial charge on any atom is 0.342 e. The van der Waals surface area contributed by atoms with Crippen molar-refractivity contribution in [1.82, 2.24) is 0 Å². The maximum atomic E-state index is 13.3. The number of carbonyl (C=O) groups excluding carboxylic acids is 3. The standard InChI is InChI=1S/C23H30O5/c1-6-7-8-9-16-19(23(27)28-5)21(25)18(22(26)20(16)24)17-12-14(4)10-11-15(17)13(2)3/h12,15,17,26H,2,6-11H2,1,3-5H3/t15-,17+/m0/s1. The molecule has 0 aromatic rings. The van der Waals surface area contributed by atoms with Gasteiger partial charge in [-0.05, 0) is 45.4 Å². The number of methoxy groups -OCH3 is 1. The van der Waals surface area contributed by atoms with Crippen LogP contribution in [0.1, 0.15) is 59.3 Å². The molecule has 0 heterocycles. The molecular formula is C23H30O5. The van der Waals surface area contributed by atoms with Crippen molar-refractivity contribution in [3.05, 3.63) is 46.3 Å². The minimum atomic E-state index is -0.821. The summed E-state index contributed by atoms with van der Waals surface area (Å²) in [6.45, 7) is 9.88. The highest BCUT2D eigenvalue weighted by Gasteiger charge is 2.43. The lowest BCUT2D eigenvalue weighted by Crippen LogP contribution is -2.34. The fourth-order valence-corrected chi connectivity index (χ4v) is 4.08. The number of hydrogen-bond donors (Lipinski definition) is 1. The molecule has 0 aromatic heterocycles. The number of aliphatic hydroxyl groups is 1. The van der Waals surface area contributed by atoms with Gasteiger partial charge in [0.25, 0.3) is 0 Å². The van der Waals surface area contributed by atoms with Crippen LogP contribution in [0.25, 0.3) is 0 Å². The first kappa shape index (κ1) is 21.9. The molecule has 0 saturated heterocycles. The number of Topliss-reactive ketones (excluding diaryl/α,β-unsaturated/α-hetero) is 2. The van der Waals surface area contributed by atoms with Crippen LogP contribution in [-0.4, -0.2) is 29.8 Å². The number of carbonyl (C=O) groups is 3. The van der Waals surface area contributed by atoms with E-state index >= 15 is 0 Å². The smallest absolute Gasteiger partial charge is 0.342 e. The number of hydrogen-bond acceptors (Lipinski definition) is 5. The van der Waals surface area contributed by atoms with Crippen LogP contribution in [0.2, 0.25) is 0 Å². The summed E-state index contributed by atoms with van der Waals surface area (Å²) in [5.41, 5.74) is 1.80. The molecule has 2 rings (SSSR count). The van der Waals surface area contributed by atoms with E-state index < -0.39 is 29.2 Å². The zero-order chi connectivity index (χ0) is 21.0. The molecule has 0 radical (unpaired) electrons. The Balaban J connectivity index is 2.57. The van der Waals surface area contributed by atoms with Crippen LogP contribution in [0.3, 0.4) is 0 Å². The molecular weight excluding hydrogens is 356 g/mol. The Kier molecular flexibility index (Phi) is 7.17. The van der Waals surface area contributed by atoms with Crippen molar-refractivity contribution in [2.45, 2.75) is 59.3 Å². The van der Waals surface area contributed by atoms with Gasteiger partial charge in [0.1, 0.15) is 5.57 Å². The number of aliphatic hydroxyl groups excluding tert-OH is 1. The molecule has 2 atom stereocenters. The number of unbranched alkanes of at least 4 members (excludes halogenated alkanes) is 2. The summed E-state index contributed by atoms with van der Waals surface area (Å²) >= 11 is 0. The molecule has 0 bridgehead atoms. The normalized spacial score (nSPS) is 23.1. The molecule has 2 aliphatic carbocycles. The zero-order valence-electron chi connectivity index (χ0n) is 17.3. The van der Waals surface area contributed by atoms with E-state index in [0.717, 1.165) is 36.8 Å². The second-order valence-electron chi connectivity index (χ2n) is 7.75. The summed E-state index contributed by atoms with van der Waals surface area (Å²) in [5.74, 6) is -3.14. The number of ketones is 2. The fraction of sp³-hybridized carbons (Fsp3) is 0.522. The van der Waals surface area contributed by atoms with Crippen molar-refractivity contribution in [3.63, 3.8) is 0 Å². The van der Waals surface area contributed by atoms with E-state index in [1.54, 1.807) is 0 Å². The van der Waals surface area contributed by atoms with Gasteiger partial charge in [0.2, 0.25) is 11.6 Å². The summed E-state index contributed by atoms with van der Waals surface area (Å²) in [7, 11) is 1.19. The summed E-state index contributed by atoms with van der Waals surface area (Å²) in [5, 5.41) is 10.7. The summed E-state index contributed by atoms with van der Waals surface area (Å²) in [6.07, 6.45) is 6.28. The summed E-state index contributed by atoms with van der Waals surface area (Å²) in [4.78, 5) is 38.6. The number of esters is 1. The molecule has 2 aliphatic rings. The van der Waals surface area contributed by atoms with Gasteiger partial charge in [-0.25, -0.2) is 4.79 Å². The lowest BCUT2D eigenvalue weighted by atomic mass is 9.70. The topological polar surface area (TPSA) is 80.7 Å². The molecule has 1 N–H and O–H groups in total. The van der Waals surface area contributed by atoms with Crippen LogP contribution in [0.4, 0.5) is 0 Å². The molecule has 28 heavy (non-hydrogen) atoms. The lowest BCUT2D eigenvalue weighted by molar-refractivity contribution is -0.138. The van der Waals surface area contributed by atoms with E-state index in [1.165, 1.54) is 7.11 Å². The Morgan fingerprint density at radius 3 is 2.54 bits per heavy atom. The van der Waals surface area contributed by atoms with Crippen molar-refractivity contribution in [1.29, 1.82) is 0 Å². The van der Waals surface area contributed by atoms with Gasteiger partial charge in [0, 0.05) is 11.5 Å². The van der Waals surface area contributed by atoms with Gasteiger partial charge in [0.05, 0.1) is 12.7 Å². The molecule has 0 unspecified atom stereocenters. The van der Waals surface area contributed by atoms with E-state index in [0.29, 0.717) is 6.42 Å². The van der Waals surface area contributed by atoms with Gasteiger partial charge in [-0.3, -0.25) is 9.59 Å². The minimum absolute atomic E-state index is 0.00306. The van der Waals surface area contributed by atoms with Crippen LogP contribution >= 0.6 is 0 Å². The SMILES string of the molecule is C=C(C)[C@@H]1CCC(C)=C[C@H]1C1=C(O)C(=O)C(CCCCC)=C(C(=O)OC)C1=O. The summed E-state index contributed by atoms with van der Waals surface area (Å²) < 4.78 is 4.80. The van der Waals surface area contributed by atoms with Gasteiger partial charge in [-0.2, -0.15) is 0 Å². The first-order chi connectivity index (χ1) is 13.2. The average Bonchev–Trinajstić information content (AvgIpc) is 2.65. The van der Waals surface area contributed by atoms with Gasteiger partial charge in [-0.15, -0.1) is 0 Å². The van der Waals surface area contributed by atoms with Crippen LogP contribution in [0.5, 0.6) is 0 Å². The van der Waals surface area contributed by atoms with Gasteiger partial charge >= 0.3 is 5.97 Å². The van der Waals surface area contributed by atoms with Crippen molar-refractivity contribution in [2.75, 3.05) is 7.11 Å². The first-order valence-corrected chi connectivity index (χ1v) is 9.91. The van der Waals surface area contributed by atoms with E-state index in [4.69, 9.17) is 4.74 Å². The van der Waals surface area contributed by atoms with Crippen LogP contribution < -0.4 is 0 Å². The molecule has 0 amide bonds. The van der Waals surface area contributed by atoms with E-state index in [1.807, 2.05) is 26.8 Å². The van der Waals surface area contributed by atoms with Gasteiger partial charge < -0.3 is 9.84 Å². The van der Waals surface area contributed by atoms with Crippen molar-refractivity contribution >= 4 is 17.5 Å². The predicted octanol–water partition coefficient (Wildman–Crippen LogP) is 4.55. The number of allylic oxidation sites excluding steroid dienone is 5. The van der Waals surface area contributed by atoms with Crippen molar-refractivity contribution < 1.29 is 24.2 Å². The predicted molar refractivity (Wildman–Crippen MR) is 108 cm³/mol. The third-order valence-electron chi connectivity index (χ3n) is 5.65. The Labute approximate surface area is 166 Å². The largest absolute Gasteiger partial charge is 0.504 e. The third-order valence-corrected chi connectivity index (χ3v) is 5.65. The number of rotatable bonds is 7. The second kappa shape index (κ2) is 9.18. The lowest BCUT2D eigenvalue weighted by Gasteiger charge is -2.33. The highest BCUT2D eigenvalue weighted by atomic mass is 16.5.